The molecule has 1 aromatic heterocycles. The molecule has 0 saturated carbocycles. The zero-order chi connectivity index (χ0) is 23.4. The number of nitrogens with two attached hydrogens (primary N) is 1. The number of rotatable bonds is 7. The van der Waals surface area contributed by atoms with E-state index in [0.717, 1.165) is 14.7 Å². The number of carbonyl (C=O) groups excluding carboxylic acids is 2. The average Bonchev–Trinajstić information content (AvgIpc) is 2.78. The van der Waals surface area contributed by atoms with Crippen molar-refractivity contribution in [2.45, 2.75) is 20.0 Å². The van der Waals surface area contributed by atoms with Crippen LogP contribution in [0.5, 0.6) is 0 Å². The highest BCUT2D eigenvalue weighted by atomic mass is 35.5. The predicted octanol–water partition coefficient (Wildman–Crippen LogP) is 3.01. The van der Waals surface area contributed by atoms with Crippen molar-refractivity contribution in [1.29, 1.82) is 0 Å². The number of halogens is 2. The molecular formula is C22H19Cl2N3O5. The van der Waals surface area contributed by atoms with Crippen LogP contribution in [-0.4, -0.2) is 27.5 Å². The molecule has 0 aliphatic rings. The Morgan fingerprint density at radius 1 is 1.00 bits per heavy atom. The zero-order valence-corrected chi connectivity index (χ0v) is 18.5. The van der Waals surface area contributed by atoms with Crippen LogP contribution in [-0.2, 0) is 17.8 Å². The highest BCUT2D eigenvalue weighted by molar-refractivity contribution is 6.43. The largest absolute Gasteiger partial charge is 0.454 e. The van der Waals surface area contributed by atoms with Gasteiger partial charge in [0.1, 0.15) is 11.4 Å². The van der Waals surface area contributed by atoms with Crippen LogP contribution in [0.1, 0.15) is 33.2 Å². The molecule has 3 rings (SSSR count). The Morgan fingerprint density at radius 2 is 1.69 bits per heavy atom. The summed E-state index contributed by atoms with van der Waals surface area (Å²) >= 11 is 11.9. The van der Waals surface area contributed by atoms with Gasteiger partial charge in [-0.25, -0.2) is 9.59 Å². The number of esters is 1. The second-order valence-corrected chi connectivity index (χ2v) is 7.55. The topological polar surface area (TPSA) is 113 Å². The summed E-state index contributed by atoms with van der Waals surface area (Å²) in [5.41, 5.74) is 4.88. The highest BCUT2D eigenvalue weighted by Gasteiger charge is 2.24. The number of carbonyl (C=O) groups is 2. The van der Waals surface area contributed by atoms with E-state index in [2.05, 4.69) is 0 Å². The van der Waals surface area contributed by atoms with Gasteiger partial charge in [-0.2, -0.15) is 0 Å². The molecule has 0 spiro atoms. The van der Waals surface area contributed by atoms with Crippen molar-refractivity contribution in [3.05, 3.63) is 96.1 Å². The number of ether oxygens (including phenoxy) is 1. The van der Waals surface area contributed by atoms with Gasteiger partial charge < -0.3 is 10.5 Å². The van der Waals surface area contributed by atoms with Gasteiger partial charge in [0.2, 0.25) is 5.78 Å². The summed E-state index contributed by atoms with van der Waals surface area (Å²) in [6.07, 6.45) is 0. The molecule has 1 heterocycles. The first-order chi connectivity index (χ1) is 15.3. The number of Topliss-reactive ketones (excluding diaryl/α,β-unsaturated/α-hetero) is 1. The van der Waals surface area contributed by atoms with Crippen molar-refractivity contribution in [2.24, 2.45) is 0 Å². The Kier molecular flexibility index (Phi) is 7.17. The Hall–Kier alpha value is -3.36. The summed E-state index contributed by atoms with van der Waals surface area (Å²) < 4.78 is 7.08. The summed E-state index contributed by atoms with van der Waals surface area (Å²) in [5.74, 6) is -2.03. The van der Waals surface area contributed by atoms with E-state index in [4.69, 9.17) is 33.7 Å². The van der Waals surface area contributed by atoms with Crippen LogP contribution < -0.4 is 17.0 Å². The fourth-order valence-electron chi connectivity index (χ4n) is 3.12. The van der Waals surface area contributed by atoms with Crippen LogP contribution in [0.2, 0.25) is 10.0 Å². The number of nitrogen functional groups attached to an aromatic ring is 1. The summed E-state index contributed by atoms with van der Waals surface area (Å²) in [7, 11) is 0. The lowest BCUT2D eigenvalue weighted by Gasteiger charge is -2.16. The van der Waals surface area contributed by atoms with Crippen LogP contribution >= 0.6 is 23.2 Å². The summed E-state index contributed by atoms with van der Waals surface area (Å²) in [6.45, 7) is 0.921. The monoisotopic (exact) mass is 475 g/mol. The standard InChI is InChI=1S/C22H19Cl2N3O5/c1-2-26-20(29)17(19(25)27(22(26)31)11-13-7-4-3-5-8-13)16(28)12-32-21(30)14-9-6-10-15(23)18(14)24/h3-10H,2,11-12,25H2,1H3. The number of hydrogen-bond donors (Lipinski definition) is 1. The van der Waals surface area contributed by atoms with Crippen LogP contribution in [0.4, 0.5) is 5.82 Å². The van der Waals surface area contributed by atoms with E-state index in [-0.39, 0.29) is 34.5 Å². The summed E-state index contributed by atoms with van der Waals surface area (Å²) in [4.78, 5) is 50.7. The minimum absolute atomic E-state index is 0.0177. The molecule has 0 aliphatic heterocycles. The predicted molar refractivity (Wildman–Crippen MR) is 122 cm³/mol. The number of hydrogen-bond acceptors (Lipinski definition) is 6. The van der Waals surface area contributed by atoms with E-state index in [9.17, 15) is 19.2 Å². The van der Waals surface area contributed by atoms with Crippen LogP contribution in [0.3, 0.4) is 0 Å². The van der Waals surface area contributed by atoms with E-state index in [1.807, 2.05) is 6.07 Å². The molecular weight excluding hydrogens is 457 g/mol. The number of aromatic nitrogens is 2. The van der Waals surface area contributed by atoms with Crippen LogP contribution in [0, 0.1) is 0 Å². The third-order valence-corrected chi connectivity index (χ3v) is 5.57. The summed E-state index contributed by atoms with van der Waals surface area (Å²) in [6, 6.07) is 13.4. The third-order valence-electron chi connectivity index (χ3n) is 4.75. The third kappa shape index (κ3) is 4.61. The Balaban J connectivity index is 1.94. The molecule has 32 heavy (non-hydrogen) atoms. The van der Waals surface area contributed by atoms with Gasteiger partial charge in [0, 0.05) is 6.54 Å². The SMILES string of the molecule is CCn1c(=O)c(C(=O)COC(=O)c2cccc(Cl)c2Cl)c(N)n(Cc2ccccc2)c1=O. The van der Waals surface area contributed by atoms with E-state index in [0.29, 0.717) is 0 Å². The fourth-order valence-corrected chi connectivity index (χ4v) is 3.50. The second kappa shape index (κ2) is 9.84. The maximum absolute atomic E-state index is 12.8. The zero-order valence-electron chi connectivity index (χ0n) is 17.0. The summed E-state index contributed by atoms with van der Waals surface area (Å²) in [5, 5.41) is 0.131. The van der Waals surface area contributed by atoms with Gasteiger partial charge in [0.15, 0.2) is 6.61 Å². The highest BCUT2D eigenvalue weighted by Crippen LogP contribution is 2.26. The molecule has 0 atom stereocenters. The Labute approximate surface area is 192 Å². The molecule has 0 amide bonds. The van der Waals surface area contributed by atoms with Gasteiger partial charge in [0.05, 0.1) is 22.2 Å². The number of ketones is 1. The number of anilines is 1. The lowest BCUT2D eigenvalue weighted by molar-refractivity contribution is 0.0474. The van der Waals surface area contributed by atoms with Crippen molar-refractivity contribution in [3.63, 3.8) is 0 Å². The van der Waals surface area contributed by atoms with Gasteiger partial charge in [-0.15, -0.1) is 0 Å². The molecule has 3 aromatic rings. The van der Waals surface area contributed by atoms with E-state index in [1.165, 1.54) is 18.2 Å². The van der Waals surface area contributed by atoms with Crippen molar-refractivity contribution >= 4 is 40.8 Å². The molecule has 2 N–H and O–H groups in total. The van der Waals surface area contributed by atoms with E-state index in [1.54, 1.807) is 31.2 Å². The molecule has 0 saturated heterocycles. The van der Waals surface area contributed by atoms with Crippen molar-refractivity contribution in [1.82, 2.24) is 9.13 Å². The van der Waals surface area contributed by atoms with Gasteiger partial charge in [-0.3, -0.25) is 18.7 Å². The molecule has 2 aromatic carbocycles. The van der Waals surface area contributed by atoms with Gasteiger partial charge in [-0.05, 0) is 24.6 Å². The van der Waals surface area contributed by atoms with Crippen molar-refractivity contribution in [3.8, 4) is 0 Å². The quantitative estimate of drug-likeness (QED) is 0.414. The first-order valence-electron chi connectivity index (χ1n) is 9.57. The maximum Gasteiger partial charge on any atom is 0.340 e. The van der Waals surface area contributed by atoms with Gasteiger partial charge in [0.25, 0.3) is 5.56 Å². The molecule has 166 valence electrons. The first kappa shape index (κ1) is 23.3. The first-order valence-corrected chi connectivity index (χ1v) is 10.3. The molecule has 0 radical (unpaired) electrons. The van der Waals surface area contributed by atoms with E-state index < -0.39 is 35.2 Å². The van der Waals surface area contributed by atoms with E-state index >= 15 is 0 Å². The molecule has 0 fully saturated rings. The molecule has 0 bridgehead atoms. The van der Waals surface area contributed by atoms with Crippen molar-refractivity contribution < 1.29 is 14.3 Å². The van der Waals surface area contributed by atoms with Crippen LogP contribution in [0.25, 0.3) is 0 Å². The van der Waals surface area contributed by atoms with Crippen LogP contribution in [0.15, 0.2) is 58.1 Å². The molecule has 0 unspecified atom stereocenters. The smallest absolute Gasteiger partial charge is 0.340 e. The number of nitrogens with zero attached hydrogens (tertiary/aromatic N) is 2. The average molecular weight is 476 g/mol. The minimum Gasteiger partial charge on any atom is -0.454 e. The Bertz CT molecular complexity index is 1300. The minimum atomic E-state index is -0.891. The molecule has 8 nitrogen and oxygen atoms in total. The number of benzene rings is 2. The molecule has 10 heteroatoms. The fraction of sp³-hybridized carbons (Fsp3) is 0.182. The lowest BCUT2D eigenvalue weighted by atomic mass is 10.1. The second-order valence-electron chi connectivity index (χ2n) is 6.76. The molecule has 0 aliphatic carbocycles. The van der Waals surface area contributed by atoms with Gasteiger partial charge in [-0.1, -0.05) is 59.6 Å². The van der Waals surface area contributed by atoms with Gasteiger partial charge >= 0.3 is 11.7 Å². The van der Waals surface area contributed by atoms with Crippen molar-refractivity contribution in [2.75, 3.05) is 12.3 Å². The maximum atomic E-state index is 12.8. The lowest BCUT2D eigenvalue weighted by Crippen LogP contribution is -2.44. The normalized spacial score (nSPS) is 10.7. The Morgan fingerprint density at radius 3 is 2.34 bits per heavy atom.